The van der Waals surface area contributed by atoms with Crippen LogP contribution in [0.3, 0.4) is 0 Å². The number of aliphatic carboxylic acids is 1. The Hall–Kier alpha value is -0.830. The summed E-state index contributed by atoms with van der Waals surface area (Å²) in [7, 11) is 0. The summed E-state index contributed by atoms with van der Waals surface area (Å²) in [5.41, 5.74) is 3.16. The molecule has 0 heterocycles. The molecule has 0 amide bonds. The first-order chi connectivity index (χ1) is 6.97. The number of rotatable bonds is 3. The molecule has 0 aliphatic heterocycles. The molecule has 0 saturated heterocycles. The maximum atomic E-state index is 11.0. The maximum absolute atomic E-state index is 11.0. The molecule has 1 N–H and O–H groups in total. The van der Waals surface area contributed by atoms with Crippen LogP contribution in [0.1, 0.15) is 36.0 Å². The van der Waals surface area contributed by atoms with Crippen molar-refractivity contribution in [2.24, 2.45) is 0 Å². The van der Waals surface area contributed by atoms with Gasteiger partial charge in [0.05, 0.1) is 5.92 Å². The van der Waals surface area contributed by atoms with Gasteiger partial charge in [0, 0.05) is 4.47 Å². The molecule has 0 aromatic heterocycles. The molecule has 0 saturated carbocycles. The molecule has 0 aliphatic carbocycles. The second kappa shape index (κ2) is 4.79. The van der Waals surface area contributed by atoms with Gasteiger partial charge in [0.2, 0.25) is 0 Å². The predicted octanol–water partition coefficient (Wildman–Crippen LogP) is 3.64. The first kappa shape index (κ1) is 12.2. The average molecular weight is 271 g/mol. The highest BCUT2D eigenvalue weighted by molar-refractivity contribution is 9.10. The topological polar surface area (TPSA) is 37.3 Å². The van der Waals surface area contributed by atoms with Crippen molar-refractivity contribution in [3.63, 3.8) is 0 Å². The Labute approximate surface area is 98.4 Å². The third kappa shape index (κ3) is 2.59. The van der Waals surface area contributed by atoms with Crippen molar-refractivity contribution in [2.45, 2.75) is 33.1 Å². The zero-order chi connectivity index (χ0) is 11.6. The fourth-order valence-electron chi connectivity index (χ4n) is 1.60. The van der Waals surface area contributed by atoms with Crippen molar-refractivity contribution in [1.29, 1.82) is 0 Å². The second-order valence-electron chi connectivity index (χ2n) is 3.74. The lowest BCUT2D eigenvalue weighted by Gasteiger charge is -2.13. The molecule has 1 aromatic carbocycles. The first-order valence-electron chi connectivity index (χ1n) is 4.96. The van der Waals surface area contributed by atoms with E-state index in [-0.39, 0.29) is 0 Å². The van der Waals surface area contributed by atoms with E-state index in [0.717, 1.165) is 15.6 Å². The molecule has 3 heteroatoms. The van der Waals surface area contributed by atoms with Gasteiger partial charge in [0.15, 0.2) is 0 Å². The van der Waals surface area contributed by atoms with E-state index in [2.05, 4.69) is 15.9 Å². The van der Waals surface area contributed by atoms with E-state index in [1.807, 2.05) is 32.9 Å². The number of carbonyl (C=O) groups is 1. The largest absolute Gasteiger partial charge is 0.481 e. The number of carboxylic acids is 1. The van der Waals surface area contributed by atoms with Crippen LogP contribution in [-0.4, -0.2) is 11.1 Å². The fourth-order valence-corrected chi connectivity index (χ4v) is 2.17. The molecule has 0 radical (unpaired) electrons. The molecule has 0 spiro atoms. The summed E-state index contributed by atoms with van der Waals surface area (Å²) in [5, 5.41) is 9.06. The van der Waals surface area contributed by atoms with Crippen LogP contribution in [0, 0.1) is 13.8 Å². The third-order valence-electron chi connectivity index (χ3n) is 2.74. The maximum Gasteiger partial charge on any atom is 0.310 e. The van der Waals surface area contributed by atoms with Gasteiger partial charge in [-0.25, -0.2) is 0 Å². The molecule has 0 aliphatic rings. The Morgan fingerprint density at radius 3 is 2.47 bits per heavy atom. The molecule has 0 bridgehead atoms. The summed E-state index contributed by atoms with van der Waals surface area (Å²) in [6.45, 7) is 5.91. The van der Waals surface area contributed by atoms with Crippen LogP contribution < -0.4 is 0 Å². The van der Waals surface area contributed by atoms with Gasteiger partial charge in [-0.3, -0.25) is 4.79 Å². The van der Waals surface area contributed by atoms with Crippen LogP contribution in [0.25, 0.3) is 0 Å². The molecule has 82 valence electrons. The zero-order valence-electron chi connectivity index (χ0n) is 9.17. The lowest BCUT2D eigenvalue weighted by Crippen LogP contribution is -2.10. The average Bonchev–Trinajstić information content (AvgIpc) is 2.14. The van der Waals surface area contributed by atoms with Gasteiger partial charge in [-0.05, 0) is 43.0 Å². The Bertz CT molecular complexity index is 362. The van der Waals surface area contributed by atoms with Gasteiger partial charge >= 0.3 is 5.97 Å². The first-order valence-corrected chi connectivity index (χ1v) is 5.76. The minimum atomic E-state index is -0.757. The van der Waals surface area contributed by atoms with E-state index >= 15 is 0 Å². The summed E-state index contributed by atoms with van der Waals surface area (Å²) in [6, 6.07) is 3.87. The zero-order valence-corrected chi connectivity index (χ0v) is 10.8. The van der Waals surface area contributed by atoms with E-state index in [0.29, 0.717) is 6.42 Å². The van der Waals surface area contributed by atoms with Crippen molar-refractivity contribution in [1.82, 2.24) is 0 Å². The number of benzene rings is 1. The minimum Gasteiger partial charge on any atom is -0.481 e. The fraction of sp³-hybridized carbons (Fsp3) is 0.417. The minimum absolute atomic E-state index is 0.402. The third-order valence-corrected chi connectivity index (χ3v) is 3.56. The summed E-state index contributed by atoms with van der Waals surface area (Å²) >= 11 is 3.45. The highest BCUT2D eigenvalue weighted by Crippen LogP contribution is 2.27. The molecule has 0 fully saturated rings. The van der Waals surface area contributed by atoms with Crippen LogP contribution in [-0.2, 0) is 4.79 Å². The lowest BCUT2D eigenvalue weighted by atomic mass is 9.94. The number of aryl methyl sites for hydroxylation is 1. The van der Waals surface area contributed by atoms with Gasteiger partial charge in [0.25, 0.3) is 0 Å². The molecule has 1 aromatic rings. The van der Waals surface area contributed by atoms with Crippen LogP contribution in [0.4, 0.5) is 0 Å². The van der Waals surface area contributed by atoms with Crippen LogP contribution in [0.15, 0.2) is 16.6 Å². The monoisotopic (exact) mass is 270 g/mol. The van der Waals surface area contributed by atoms with E-state index in [4.69, 9.17) is 5.11 Å². The van der Waals surface area contributed by atoms with Crippen LogP contribution >= 0.6 is 15.9 Å². The van der Waals surface area contributed by atoms with Crippen LogP contribution in [0.2, 0.25) is 0 Å². The van der Waals surface area contributed by atoms with E-state index in [1.165, 1.54) is 5.56 Å². The Morgan fingerprint density at radius 2 is 2.07 bits per heavy atom. The molecular formula is C12H15BrO2. The van der Waals surface area contributed by atoms with Crippen LogP contribution in [0.5, 0.6) is 0 Å². The summed E-state index contributed by atoms with van der Waals surface area (Å²) in [6.07, 6.45) is 0.615. The number of hydrogen-bond donors (Lipinski definition) is 1. The van der Waals surface area contributed by atoms with Crippen molar-refractivity contribution in [3.8, 4) is 0 Å². The highest BCUT2D eigenvalue weighted by Gasteiger charge is 2.18. The Balaban J connectivity index is 3.20. The molecule has 1 rings (SSSR count). The number of carboxylic acid groups (broad SMARTS) is 1. The van der Waals surface area contributed by atoms with E-state index < -0.39 is 11.9 Å². The van der Waals surface area contributed by atoms with Crippen molar-refractivity contribution >= 4 is 21.9 Å². The standard InChI is InChI=1S/C12H15BrO2/c1-4-10(12(14)15)9-5-7(2)8(3)11(13)6-9/h5-6,10H,4H2,1-3H3,(H,14,15). The lowest BCUT2D eigenvalue weighted by molar-refractivity contribution is -0.138. The smallest absolute Gasteiger partial charge is 0.310 e. The van der Waals surface area contributed by atoms with Crippen molar-refractivity contribution in [3.05, 3.63) is 33.3 Å². The van der Waals surface area contributed by atoms with E-state index in [9.17, 15) is 4.79 Å². The van der Waals surface area contributed by atoms with Gasteiger partial charge in [-0.2, -0.15) is 0 Å². The quantitative estimate of drug-likeness (QED) is 0.911. The normalized spacial score (nSPS) is 12.5. The molecule has 15 heavy (non-hydrogen) atoms. The van der Waals surface area contributed by atoms with Gasteiger partial charge in [-0.1, -0.05) is 28.9 Å². The van der Waals surface area contributed by atoms with Gasteiger partial charge in [-0.15, -0.1) is 0 Å². The van der Waals surface area contributed by atoms with Crippen molar-refractivity contribution < 1.29 is 9.90 Å². The molecular weight excluding hydrogens is 256 g/mol. The van der Waals surface area contributed by atoms with E-state index in [1.54, 1.807) is 0 Å². The van der Waals surface area contributed by atoms with Gasteiger partial charge in [0.1, 0.15) is 0 Å². The predicted molar refractivity (Wildman–Crippen MR) is 64.3 cm³/mol. The molecule has 1 atom stereocenters. The number of hydrogen-bond acceptors (Lipinski definition) is 1. The second-order valence-corrected chi connectivity index (χ2v) is 4.60. The summed E-state index contributed by atoms with van der Waals surface area (Å²) < 4.78 is 0.984. The summed E-state index contributed by atoms with van der Waals surface area (Å²) in [4.78, 5) is 11.0. The summed E-state index contributed by atoms with van der Waals surface area (Å²) in [5.74, 6) is -1.16. The number of halogens is 1. The van der Waals surface area contributed by atoms with Crippen molar-refractivity contribution in [2.75, 3.05) is 0 Å². The molecule has 1 unspecified atom stereocenters. The highest BCUT2D eigenvalue weighted by atomic mass is 79.9. The Morgan fingerprint density at radius 1 is 1.47 bits per heavy atom. The molecule has 2 nitrogen and oxygen atoms in total. The van der Waals surface area contributed by atoms with Gasteiger partial charge < -0.3 is 5.11 Å². The Kier molecular flexibility index (Phi) is 3.91. The SMILES string of the molecule is CCC(C(=O)O)c1cc(C)c(C)c(Br)c1.